The van der Waals surface area contributed by atoms with E-state index in [1.54, 1.807) is 0 Å². The molecule has 0 unspecified atom stereocenters. The van der Waals surface area contributed by atoms with Crippen molar-refractivity contribution in [2.24, 2.45) is 0 Å². The maximum Gasteiger partial charge on any atom is 0.0433 e. The number of fused-ring (bicyclic) bond motifs is 8. The van der Waals surface area contributed by atoms with Crippen LogP contribution in [-0.4, -0.2) is 0 Å². The van der Waals surface area contributed by atoms with Crippen molar-refractivity contribution in [1.82, 2.24) is 0 Å². The molecule has 0 spiro atoms. The maximum absolute atomic E-state index is 2.41. The van der Waals surface area contributed by atoms with Crippen LogP contribution in [0.15, 0.2) is 60.7 Å². The van der Waals surface area contributed by atoms with Gasteiger partial charge in [-0.1, -0.05) is 48.0 Å². The van der Waals surface area contributed by atoms with Crippen LogP contribution in [0.2, 0.25) is 0 Å². The van der Waals surface area contributed by atoms with Gasteiger partial charge < -0.3 is 0 Å². The van der Waals surface area contributed by atoms with E-state index in [4.69, 9.17) is 0 Å². The Hall–Kier alpha value is -2.42. The summed E-state index contributed by atoms with van der Waals surface area (Å²) in [6.07, 6.45) is 0. The molecule has 4 aromatic carbocycles. The molecule has 0 aliphatic rings. The lowest BCUT2D eigenvalue weighted by Gasteiger charge is -2.01. The third-order valence-electron chi connectivity index (χ3n) is 5.36. The fourth-order valence-electron chi connectivity index (χ4n) is 4.06. The van der Waals surface area contributed by atoms with Crippen molar-refractivity contribution in [1.29, 1.82) is 0 Å². The highest BCUT2D eigenvalue weighted by atomic mass is 32.1. The van der Waals surface area contributed by atoms with Crippen LogP contribution in [0.1, 0.15) is 11.1 Å². The van der Waals surface area contributed by atoms with E-state index in [9.17, 15) is 0 Å². The quantitative estimate of drug-likeness (QED) is 0.253. The molecule has 0 radical (unpaired) electrons. The van der Waals surface area contributed by atoms with Gasteiger partial charge in [0.2, 0.25) is 0 Å². The second-order valence-corrected chi connectivity index (χ2v) is 9.35. The lowest BCUT2D eigenvalue weighted by molar-refractivity contribution is 1.51. The fourth-order valence-corrected chi connectivity index (χ4v) is 6.62. The predicted molar refractivity (Wildman–Crippen MR) is 119 cm³/mol. The molecular formula is C24H16S2. The van der Waals surface area contributed by atoms with Crippen molar-refractivity contribution in [2.75, 3.05) is 0 Å². The van der Waals surface area contributed by atoms with Gasteiger partial charge in [0.1, 0.15) is 0 Å². The molecule has 0 atom stereocenters. The Balaban J connectivity index is 1.78. The molecule has 0 N–H and O–H groups in total. The van der Waals surface area contributed by atoms with E-state index in [1.165, 1.54) is 62.2 Å². The minimum atomic E-state index is 1.32. The van der Waals surface area contributed by atoms with Gasteiger partial charge in [0.05, 0.1) is 0 Å². The molecule has 0 aliphatic heterocycles. The Morgan fingerprint density at radius 2 is 1.15 bits per heavy atom. The molecule has 0 amide bonds. The zero-order chi connectivity index (χ0) is 17.4. The number of hydrogen-bond acceptors (Lipinski definition) is 2. The van der Waals surface area contributed by atoms with Crippen molar-refractivity contribution in [3.05, 3.63) is 71.8 Å². The highest BCUT2D eigenvalue weighted by Gasteiger charge is 2.12. The van der Waals surface area contributed by atoms with Gasteiger partial charge >= 0.3 is 0 Å². The van der Waals surface area contributed by atoms with Gasteiger partial charge in [-0.2, -0.15) is 0 Å². The van der Waals surface area contributed by atoms with Crippen molar-refractivity contribution in [3.8, 4) is 0 Å². The minimum absolute atomic E-state index is 1.32. The Morgan fingerprint density at radius 3 is 2.04 bits per heavy atom. The molecule has 26 heavy (non-hydrogen) atoms. The number of aryl methyl sites for hydroxylation is 2. The molecule has 0 nitrogen and oxygen atoms in total. The van der Waals surface area contributed by atoms with E-state index in [0.717, 1.165) is 0 Å². The monoisotopic (exact) mass is 368 g/mol. The summed E-state index contributed by atoms with van der Waals surface area (Å²) in [7, 11) is 0. The molecule has 2 heteroatoms. The van der Waals surface area contributed by atoms with E-state index in [1.807, 2.05) is 22.7 Å². The third-order valence-corrected chi connectivity index (χ3v) is 7.67. The second kappa shape index (κ2) is 5.06. The Bertz CT molecular complexity index is 1490. The Labute approximate surface area is 159 Å². The van der Waals surface area contributed by atoms with Crippen molar-refractivity contribution >= 4 is 73.8 Å². The van der Waals surface area contributed by atoms with Crippen LogP contribution in [0, 0.1) is 13.8 Å². The molecule has 0 saturated heterocycles. The van der Waals surface area contributed by atoms with Gasteiger partial charge in [0.25, 0.3) is 0 Å². The van der Waals surface area contributed by atoms with E-state index in [0.29, 0.717) is 0 Å². The first-order chi connectivity index (χ1) is 12.7. The normalized spacial score (nSPS) is 12.2. The van der Waals surface area contributed by atoms with Crippen LogP contribution < -0.4 is 0 Å². The SMILES string of the molecule is Cc1ccc2c(ccc3c4cc5c(cc4sc23)sc2cc(C)ccc25)c1. The smallest absolute Gasteiger partial charge is 0.0433 e. The zero-order valence-corrected chi connectivity index (χ0v) is 16.2. The molecular weight excluding hydrogens is 352 g/mol. The molecule has 6 aromatic rings. The van der Waals surface area contributed by atoms with Crippen LogP contribution in [0.25, 0.3) is 51.1 Å². The largest absolute Gasteiger partial charge is 0.135 e. The summed E-state index contributed by atoms with van der Waals surface area (Å²) in [6.45, 7) is 4.33. The summed E-state index contributed by atoms with van der Waals surface area (Å²) in [4.78, 5) is 0. The first-order valence-electron chi connectivity index (χ1n) is 8.86. The van der Waals surface area contributed by atoms with Crippen LogP contribution in [0.4, 0.5) is 0 Å². The van der Waals surface area contributed by atoms with Crippen LogP contribution in [0.5, 0.6) is 0 Å². The van der Waals surface area contributed by atoms with E-state index in [-0.39, 0.29) is 0 Å². The standard InChI is InChI=1S/C24H16S2/c1-13-3-6-16-15(9-13)5-8-18-20-11-19-17-7-4-14(2)10-21(17)25-22(19)12-23(20)26-24(16)18/h3-12H,1-2H3. The summed E-state index contributed by atoms with van der Waals surface area (Å²) in [5, 5.41) is 8.26. The Kier molecular flexibility index (Phi) is 2.87. The van der Waals surface area contributed by atoms with Crippen molar-refractivity contribution < 1.29 is 0 Å². The molecule has 124 valence electrons. The lowest BCUT2D eigenvalue weighted by Crippen LogP contribution is -1.76. The van der Waals surface area contributed by atoms with Gasteiger partial charge in [0, 0.05) is 40.3 Å². The van der Waals surface area contributed by atoms with Crippen molar-refractivity contribution in [2.45, 2.75) is 13.8 Å². The molecule has 6 rings (SSSR count). The first kappa shape index (κ1) is 14.7. The van der Waals surface area contributed by atoms with Gasteiger partial charge in [-0.3, -0.25) is 0 Å². The van der Waals surface area contributed by atoms with Gasteiger partial charge in [-0.05, 0) is 48.4 Å². The molecule has 0 saturated carbocycles. The highest BCUT2D eigenvalue weighted by molar-refractivity contribution is 7.28. The molecule has 0 bridgehead atoms. The third kappa shape index (κ3) is 1.94. The van der Waals surface area contributed by atoms with Crippen molar-refractivity contribution in [3.63, 3.8) is 0 Å². The first-order valence-corrected chi connectivity index (χ1v) is 10.5. The maximum atomic E-state index is 2.41. The number of rotatable bonds is 0. The molecule has 2 aromatic heterocycles. The van der Waals surface area contributed by atoms with E-state index in [2.05, 4.69) is 74.5 Å². The number of hydrogen-bond donors (Lipinski definition) is 0. The predicted octanol–water partition coefficient (Wildman–Crippen LogP) is 8.19. The highest BCUT2D eigenvalue weighted by Crippen LogP contribution is 2.43. The molecule has 0 fully saturated rings. The van der Waals surface area contributed by atoms with Crippen LogP contribution >= 0.6 is 22.7 Å². The number of benzene rings is 4. The minimum Gasteiger partial charge on any atom is -0.135 e. The molecule has 0 aliphatic carbocycles. The summed E-state index contributed by atoms with van der Waals surface area (Å²) < 4.78 is 5.59. The average molecular weight is 369 g/mol. The Morgan fingerprint density at radius 1 is 0.500 bits per heavy atom. The van der Waals surface area contributed by atoms with Gasteiger partial charge in [0.15, 0.2) is 0 Å². The summed E-state index contributed by atoms with van der Waals surface area (Å²) >= 11 is 3.84. The summed E-state index contributed by atoms with van der Waals surface area (Å²) in [6, 6.07) is 23.0. The summed E-state index contributed by atoms with van der Waals surface area (Å²) in [5.41, 5.74) is 2.65. The lowest BCUT2D eigenvalue weighted by atomic mass is 10.0. The topological polar surface area (TPSA) is 0 Å². The molecule has 2 heterocycles. The summed E-state index contributed by atoms with van der Waals surface area (Å²) in [5.74, 6) is 0. The fraction of sp³-hybridized carbons (Fsp3) is 0.0833. The van der Waals surface area contributed by atoms with E-state index < -0.39 is 0 Å². The van der Waals surface area contributed by atoms with Gasteiger partial charge in [-0.25, -0.2) is 0 Å². The number of thiophene rings is 2. The van der Waals surface area contributed by atoms with Gasteiger partial charge in [-0.15, -0.1) is 22.7 Å². The second-order valence-electron chi connectivity index (χ2n) is 7.22. The van der Waals surface area contributed by atoms with E-state index >= 15 is 0 Å². The van der Waals surface area contributed by atoms with Crippen LogP contribution in [0.3, 0.4) is 0 Å². The van der Waals surface area contributed by atoms with Crippen LogP contribution in [-0.2, 0) is 0 Å². The average Bonchev–Trinajstić information content (AvgIpc) is 3.15. The zero-order valence-electron chi connectivity index (χ0n) is 14.6.